The number of nitrogens with zero attached hydrogens (tertiary/aromatic N) is 3. The van der Waals surface area contributed by atoms with Gasteiger partial charge in [0, 0.05) is 25.7 Å². The molecule has 0 fully saturated rings. The van der Waals surface area contributed by atoms with Crippen LogP contribution >= 0.6 is 0 Å². The fraction of sp³-hybridized carbons (Fsp3) is 0.522. The van der Waals surface area contributed by atoms with E-state index in [0.29, 0.717) is 24.5 Å². The van der Waals surface area contributed by atoms with Crippen LogP contribution in [0, 0.1) is 11.2 Å². The summed E-state index contributed by atoms with van der Waals surface area (Å²) in [6, 6.07) is 3.82. The van der Waals surface area contributed by atoms with Gasteiger partial charge in [-0.25, -0.2) is 9.37 Å². The van der Waals surface area contributed by atoms with Crippen molar-refractivity contribution in [3.05, 3.63) is 35.4 Å². The third kappa shape index (κ3) is 4.77. The molecule has 2 N–H and O–H groups in total. The van der Waals surface area contributed by atoms with E-state index in [4.69, 9.17) is 4.74 Å². The first-order valence-corrected chi connectivity index (χ1v) is 10.7. The van der Waals surface area contributed by atoms with Crippen LogP contribution in [0.2, 0.25) is 0 Å². The Labute approximate surface area is 188 Å². The van der Waals surface area contributed by atoms with Crippen LogP contribution in [0.1, 0.15) is 43.4 Å². The normalized spacial score (nSPS) is 15.5. The van der Waals surface area contributed by atoms with Crippen molar-refractivity contribution in [3.8, 4) is 17.1 Å². The Kier molecular flexibility index (Phi) is 6.88. The smallest absolute Gasteiger partial charge is 0.272 e. The van der Waals surface area contributed by atoms with Gasteiger partial charge in [0.1, 0.15) is 11.9 Å². The molecule has 0 radical (unpaired) electrons. The number of rotatable bonds is 5. The highest BCUT2D eigenvalue weighted by atomic mass is 19.1. The molecular formula is C23H32FN5O3. The molecule has 1 aliphatic rings. The summed E-state index contributed by atoms with van der Waals surface area (Å²) < 4.78 is 21.1. The van der Waals surface area contributed by atoms with E-state index in [1.807, 2.05) is 32.4 Å². The van der Waals surface area contributed by atoms with E-state index in [-0.39, 0.29) is 17.4 Å². The predicted octanol–water partition coefficient (Wildman–Crippen LogP) is 2.42. The Hall–Kier alpha value is -2.94. The summed E-state index contributed by atoms with van der Waals surface area (Å²) in [7, 11) is 4.95. The molecule has 8 nitrogen and oxygen atoms in total. The highest BCUT2D eigenvalue weighted by Crippen LogP contribution is 2.30. The van der Waals surface area contributed by atoms with Gasteiger partial charge in [0.05, 0.1) is 12.8 Å². The minimum absolute atomic E-state index is 0.115. The van der Waals surface area contributed by atoms with Gasteiger partial charge >= 0.3 is 0 Å². The van der Waals surface area contributed by atoms with Crippen molar-refractivity contribution in [1.82, 2.24) is 25.1 Å². The topological polar surface area (TPSA) is 88.5 Å². The van der Waals surface area contributed by atoms with E-state index in [9.17, 15) is 14.0 Å². The Morgan fingerprint density at radius 2 is 1.97 bits per heavy atom. The van der Waals surface area contributed by atoms with Crippen LogP contribution in [0.3, 0.4) is 0 Å². The summed E-state index contributed by atoms with van der Waals surface area (Å²) in [4.78, 5) is 32.6. The van der Waals surface area contributed by atoms with Crippen molar-refractivity contribution in [2.24, 2.45) is 5.41 Å². The number of imidazole rings is 1. The summed E-state index contributed by atoms with van der Waals surface area (Å²) in [5.74, 6) is -0.449. The molecule has 32 heavy (non-hydrogen) atoms. The first-order valence-electron chi connectivity index (χ1n) is 10.7. The van der Waals surface area contributed by atoms with E-state index in [1.54, 1.807) is 19.2 Å². The number of hydrogen-bond acceptors (Lipinski definition) is 5. The van der Waals surface area contributed by atoms with E-state index >= 15 is 0 Å². The quantitative estimate of drug-likeness (QED) is 0.738. The summed E-state index contributed by atoms with van der Waals surface area (Å²) in [6.07, 6.45) is 0.884. The highest BCUT2D eigenvalue weighted by molar-refractivity contribution is 5.97. The van der Waals surface area contributed by atoms with E-state index in [2.05, 4.69) is 20.5 Å². The molecule has 0 spiro atoms. The molecule has 1 aliphatic heterocycles. The number of carbonyl (C=O) groups excluding carboxylic acids is 2. The van der Waals surface area contributed by atoms with Crippen molar-refractivity contribution < 1.29 is 18.7 Å². The maximum Gasteiger partial charge on any atom is 0.272 e. The zero-order chi connectivity index (χ0) is 23.6. The van der Waals surface area contributed by atoms with Gasteiger partial charge < -0.3 is 24.8 Å². The fourth-order valence-electron chi connectivity index (χ4n) is 3.94. The first-order chi connectivity index (χ1) is 15.1. The van der Waals surface area contributed by atoms with Gasteiger partial charge in [-0.2, -0.15) is 0 Å². The second-order valence-corrected chi connectivity index (χ2v) is 9.21. The monoisotopic (exact) mass is 445 g/mol. The number of aromatic nitrogens is 2. The van der Waals surface area contributed by atoms with Gasteiger partial charge in [-0.3, -0.25) is 9.59 Å². The van der Waals surface area contributed by atoms with Crippen molar-refractivity contribution in [2.75, 3.05) is 27.7 Å². The number of methoxy groups -OCH3 is 1. The Balaban J connectivity index is 2.08. The van der Waals surface area contributed by atoms with Gasteiger partial charge in [0.25, 0.3) is 5.91 Å². The van der Waals surface area contributed by atoms with E-state index in [1.165, 1.54) is 13.2 Å². The number of amides is 2. The van der Waals surface area contributed by atoms with Gasteiger partial charge in [-0.1, -0.05) is 20.8 Å². The number of nitrogens with one attached hydrogen (secondary N) is 2. The van der Waals surface area contributed by atoms with Crippen molar-refractivity contribution in [3.63, 3.8) is 0 Å². The molecule has 0 saturated carbocycles. The molecule has 0 unspecified atom stereocenters. The van der Waals surface area contributed by atoms with Crippen molar-refractivity contribution in [1.29, 1.82) is 0 Å². The van der Waals surface area contributed by atoms with Crippen molar-refractivity contribution in [2.45, 2.75) is 46.3 Å². The van der Waals surface area contributed by atoms with Gasteiger partial charge in [0.15, 0.2) is 17.3 Å². The zero-order valence-electron chi connectivity index (χ0n) is 19.6. The molecule has 0 saturated heterocycles. The zero-order valence-corrected chi connectivity index (χ0v) is 19.6. The van der Waals surface area contributed by atoms with Gasteiger partial charge in [0.2, 0.25) is 5.91 Å². The van der Waals surface area contributed by atoms with Crippen LogP contribution in [0.4, 0.5) is 4.39 Å². The molecule has 1 atom stereocenters. The number of halogens is 1. The highest BCUT2D eigenvalue weighted by Gasteiger charge is 2.34. The molecule has 2 heterocycles. The van der Waals surface area contributed by atoms with Crippen LogP contribution in [-0.2, 0) is 17.9 Å². The average Bonchev–Trinajstić information content (AvgIpc) is 2.97. The molecule has 174 valence electrons. The van der Waals surface area contributed by atoms with E-state index < -0.39 is 23.2 Å². The predicted molar refractivity (Wildman–Crippen MR) is 120 cm³/mol. The van der Waals surface area contributed by atoms with Crippen LogP contribution in [0.5, 0.6) is 5.75 Å². The molecule has 3 rings (SSSR count). The summed E-state index contributed by atoms with van der Waals surface area (Å²) in [6.45, 7) is 7.76. The largest absolute Gasteiger partial charge is 0.494 e. The summed E-state index contributed by atoms with van der Waals surface area (Å²) in [5.41, 5.74) is 1.21. The maximum atomic E-state index is 14.0. The minimum atomic E-state index is -0.727. The van der Waals surface area contributed by atoms with Crippen LogP contribution in [-0.4, -0.2) is 60.1 Å². The lowest BCUT2D eigenvalue weighted by atomic mass is 9.86. The Morgan fingerprint density at radius 3 is 2.59 bits per heavy atom. The average molecular weight is 446 g/mol. The van der Waals surface area contributed by atoms with Crippen molar-refractivity contribution >= 4 is 11.8 Å². The number of carbonyl (C=O) groups is 2. The summed E-state index contributed by atoms with van der Waals surface area (Å²) in [5, 5.41) is 5.50. The molecule has 2 aromatic rings. The maximum absolute atomic E-state index is 14.0. The number of ether oxygens (including phenoxy) is 1. The Morgan fingerprint density at radius 1 is 1.25 bits per heavy atom. The molecule has 0 bridgehead atoms. The molecular weight excluding hydrogens is 413 g/mol. The number of fused-ring (bicyclic) bond motifs is 1. The minimum Gasteiger partial charge on any atom is -0.494 e. The number of likely N-dealkylation sites (N-methyl/N-ethyl adjacent to an activating group) is 1. The molecule has 0 aliphatic carbocycles. The van der Waals surface area contributed by atoms with E-state index in [0.717, 1.165) is 18.7 Å². The first kappa shape index (κ1) is 23.7. The number of hydrogen-bond donors (Lipinski definition) is 2. The van der Waals surface area contributed by atoms with Crippen LogP contribution in [0.25, 0.3) is 11.4 Å². The molecule has 2 amide bonds. The standard InChI is InChI=1S/C23H32FN5O3/c1-23(2,3)19(22(31)25-4)27-21(30)18-16-13-28(5)10-7-11-29(16)20(26-18)14-8-9-15(24)17(12-14)32-6/h8-9,12,19H,7,10-11,13H2,1-6H3,(H,25,31)(H,27,30)/t19-/m1/s1. The lowest BCUT2D eigenvalue weighted by Crippen LogP contribution is -2.53. The number of benzene rings is 1. The van der Waals surface area contributed by atoms with Gasteiger partial charge in [-0.05, 0) is 43.6 Å². The van der Waals surface area contributed by atoms with Crippen LogP contribution < -0.4 is 15.4 Å². The Bertz CT molecular complexity index is 1010. The van der Waals surface area contributed by atoms with Gasteiger partial charge in [-0.15, -0.1) is 0 Å². The lowest BCUT2D eigenvalue weighted by Gasteiger charge is -2.29. The lowest BCUT2D eigenvalue weighted by molar-refractivity contribution is -0.124. The third-order valence-corrected chi connectivity index (χ3v) is 5.69. The second-order valence-electron chi connectivity index (χ2n) is 9.21. The fourth-order valence-corrected chi connectivity index (χ4v) is 3.94. The third-order valence-electron chi connectivity index (χ3n) is 5.69. The van der Waals surface area contributed by atoms with Crippen LogP contribution in [0.15, 0.2) is 18.2 Å². The molecule has 9 heteroatoms. The summed E-state index contributed by atoms with van der Waals surface area (Å²) >= 11 is 0. The second kappa shape index (κ2) is 9.28. The molecule has 1 aromatic carbocycles. The molecule has 1 aromatic heterocycles. The SMILES string of the molecule is CNC(=O)[C@@H](NC(=O)c1nc(-c2ccc(F)c(OC)c2)n2c1CN(C)CCC2)C(C)(C)C.